The number of carbonyl (C=O) groups is 3. The number of carbonyl (C=O) groups excluding carboxylic acids is 2. The maximum atomic E-state index is 12.2. The van der Waals surface area contributed by atoms with E-state index in [1.807, 2.05) is 0 Å². The third-order valence-corrected chi connectivity index (χ3v) is 4.65. The third-order valence-electron chi connectivity index (χ3n) is 4.65. The topological polar surface area (TPSA) is 113 Å². The van der Waals surface area contributed by atoms with Crippen LogP contribution < -0.4 is 11.1 Å². The Hall–Kier alpha value is -1.79. The molecule has 4 N–H and O–H groups in total. The Bertz CT molecular complexity index is 419. The average molecular weight is 313 g/mol. The van der Waals surface area contributed by atoms with E-state index >= 15 is 0 Å². The van der Waals surface area contributed by atoms with Crippen molar-refractivity contribution in [3.63, 3.8) is 0 Å². The molecule has 2 atom stereocenters. The standard InChI is InChI=1S/C15H27N3O4/c1-9-4-6-12(7-5-9)8-17-15(22)18(14(16)21)11(3)10(2)13(19)20/h9-12H,4-8H2,1-3H3,(H2,16,21)(H,17,22)(H,19,20)/t9?,10-,11+,12?/m1/s1. The maximum absolute atomic E-state index is 12.2. The van der Waals surface area contributed by atoms with Crippen LogP contribution >= 0.6 is 0 Å². The van der Waals surface area contributed by atoms with Crippen LogP contribution in [0.2, 0.25) is 0 Å². The highest BCUT2D eigenvalue weighted by molar-refractivity contribution is 5.93. The van der Waals surface area contributed by atoms with Crippen molar-refractivity contribution >= 4 is 18.0 Å². The largest absolute Gasteiger partial charge is 0.481 e. The number of rotatable bonds is 5. The number of primary amides is 1. The van der Waals surface area contributed by atoms with Crippen LogP contribution in [-0.2, 0) is 4.79 Å². The van der Waals surface area contributed by atoms with Crippen molar-refractivity contribution in [1.82, 2.24) is 10.2 Å². The van der Waals surface area contributed by atoms with E-state index in [2.05, 4.69) is 12.2 Å². The number of nitrogens with zero attached hydrogens (tertiary/aromatic N) is 1. The highest BCUT2D eigenvalue weighted by Crippen LogP contribution is 2.27. The fraction of sp³-hybridized carbons (Fsp3) is 0.800. The molecule has 0 spiro atoms. The predicted octanol–water partition coefficient (Wildman–Crippen LogP) is 2.01. The summed E-state index contributed by atoms with van der Waals surface area (Å²) < 4.78 is 0. The first-order valence-corrected chi connectivity index (χ1v) is 7.83. The minimum atomic E-state index is -1.08. The van der Waals surface area contributed by atoms with Crippen molar-refractivity contribution < 1.29 is 19.5 Å². The van der Waals surface area contributed by atoms with Crippen LogP contribution in [0.1, 0.15) is 46.5 Å². The Kier molecular flexibility index (Phi) is 6.64. The number of carboxylic acid groups (broad SMARTS) is 1. The lowest BCUT2D eigenvalue weighted by Gasteiger charge is -2.30. The molecule has 7 heteroatoms. The summed E-state index contributed by atoms with van der Waals surface area (Å²) in [6.45, 7) is 5.66. The SMILES string of the molecule is CC1CCC(CNC(=O)N(C(N)=O)[C@@H](C)[C@@H](C)C(=O)O)CC1. The number of imide groups is 1. The summed E-state index contributed by atoms with van der Waals surface area (Å²) in [7, 11) is 0. The molecule has 0 radical (unpaired) electrons. The van der Waals surface area contributed by atoms with Crippen molar-refractivity contribution in [1.29, 1.82) is 0 Å². The molecule has 0 bridgehead atoms. The minimum Gasteiger partial charge on any atom is -0.481 e. The van der Waals surface area contributed by atoms with Crippen LogP contribution in [0.5, 0.6) is 0 Å². The monoisotopic (exact) mass is 313 g/mol. The van der Waals surface area contributed by atoms with Crippen molar-refractivity contribution in [2.24, 2.45) is 23.5 Å². The molecular weight excluding hydrogens is 286 g/mol. The Morgan fingerprint density at radius 3 is 2.23 bits per heavy atom. The van der Waals surface area contributed by atoms with E-state index in [9.17, 15) is 14.4 Å². The zero-order valence-electron chi connectivity index (χ0n) is 13.5. The van der Waals surface area contributed by atoms with Gasteiger partial charge in [0.15, 0.2) is 0 Å². The van der Waals surface area contributed by atoms with Gasteiger partial charge in [0.25, 0.3) is 0 Å². The van der Waals surface area contributed by atoms with Gasteiger partial charge in [0, 0.05) is 6.54 Å². The van der Waals surface area contributed by atoms with Gasteiger partial charge in [0.2, 0.25) is 0 Å². The van der Waals surface area contributed by atoms with E-state index in [0.717, 1.165) is 36.5 Å². The number of hydrogen-bond acceptors (Lipinski definition) is 3. The van der Waals surface area contributed by atoms with E-state index in [0.29, 0.717) is 12.5 Å². The molecule has 0 saturated heterocycles. The van der Waals surface area contributed by atoms with Gasteiger partial charge in [-0.2, -0.15) is 0 Å². The Morgan fingerprint density at radius 2 is 1.77 bits per heavy atom. The van der Waals surface area contributed by atoms with Gasteiger partial charge < -0.3 is 16.2 Å². The number of amides is 4. The molecule has 4 amide bonds. The summed E-state index contributed by atoms with van der Waals surface area (Å²) in [5.74, 6) is -0.825. The molecule has 0 aliphatic heterocycles. The summed E-state index contributed by atoms with van der Waals surface area (Å²) in [6, 6.07) is -2.36. The number of carboxylic acids is 1. The lowest BCUT2D eigenvalue weighted by molar-refractivity contribution is -0.142. The first-order chi connectivity index (χ1) is 10.2. The lowest BCUT2D eigenvalue weighted by atomic mass is 9.83. The molecule has 22 heavy (non-hydrogen) atoms. The van der Waals surface area contributed by atoms with Crippen molar-refractivity contribution in [2.45, 2.75) is 52.5 Å². The van der Waals surface area contributed by atoms with Gasteiger partial charge in [-0.1, -0.05) is 19.8 Å². The average Bonchev–Trinajstić information content (AvgIpc) is 2.45. The molecule has 0 aromatic carbocycles. The van der Waals surface area contributed by atoms with Gasteiger partial charge in [-0.15, -0.1) is 0 Å². The van der Waals surface area contributed by atoms with Crippen LogP contribution in [0.4, 0.5) is 9.59 Å². The second-order valence-corrected chi connectivity index (χ2v) is 6.39. The molecule has 0 aromatic heterocycles. The fourth-order valence-corrected chi connectivity index (χ4v) is 2.77. The van der Waals surface area contributed by atoms with Gasteiger partial charge in [-0.3, -0.25) is 4.79 Å². The fourth-order valence-electron chi connectivity index (χ4n) is 2.77. The van der Waals surface area contributed by atoms with Crippen molar-refractivity contribution in [3.05, 3.63) is 0 Å². The maximum Gasteiger partial charge on any atom is 0.325 e. The number of nitrogens with two attached hydrogens (primary N) is 1. The van der Waals surface area contributed by atoms with E-state index in [-0.39, 0.29) is 0 Å². The zero-order chi connectivity index (χ0) is 16.9. The first kappa shape index (κ1) is 18.3. The molecule has 1 aliphatic rings. The molecule has 1 rings (SSSR count). The Labute approximate surface area is 131 Å². The lowest BCUT2D eigenvalue weighted by Crippen LogP contribution is -2.54. The zero-order valence-corrected chi connectivity index (χ0v) is 13.5. The summed E-state index contributed by atoms with van der Waals surface area (Å²) in [6.07, 6.45) is 4.40. The third kappa shape index (κ3) is 4.89. The molecule has 1 aliphatic carbocycles. The van der Waals surface area contributed by atoms with E-state index < -0.39 is 30.0 Å². The minimum absolute atomic E-state index is 0.405. The van der Waals surface area contributed by atoms with Gasteiger partial charge in [0.05, 0.1) is 12.0 Å². The molecule has 7 nitrogen and oxygen atoms in total. The normalized spacial score (nSPS) is 24.1. The van der Waals surface area contributed by atoms with Crippen LogP contribution in [0.3, 0.4) is 0 Å². The highest BCUT2D eigenvalue weighted by atomic mass is 16.4. The number of hydrogen-bond donors (Lipinski definition) is 3. The Morgan fingerprint density at radius 1 is 1.23 bits per heavy atom. The van der Waals surface area contributed by atoms with Gasteiger partial charge in [-0.25, -0.2) is 14.5 Å². The molecule has 0 aromatic rings. The quantitative estimate of drug-likeness (QED) is 0.720. The van der Waals surface area contributed by atoms with Gasteiger partial charge >= 0.3 is 18.0 Å². The van der Waals surface area contributed by atoms with Crippen LogP contribution in [0.15, 0.2) is 0 Å². The van der Waals surface area contributed by atoms with Gasteiger partial charge in [-0.05, 0) is 38.5 Å². The first-order valence-electron chi connectivity index (χ1n) is 7.83. The predicted molar refractivity (Wildman–Crippen MR) is 82.2 cm³/mol. The number of urea groups is 2. The molecule has 0 heterocycles. The molecule has 1 fully saturated rings. The van der Waals surface area contributed by atoms with Crippen LogP contribution in [-0.4, -0.2) is 40.6 Å². The summed E-state index contributed by atoms with van der Waals surface area (Å²) in [4.78, 5) is 35.5. The smallest absolute Gasteiger partial charge is 0.325 e. The van der Waals surface area contributed by atoms with Crippen molar-refractivity contribution in [3.8, 4) is 0 Å². The number of nitrogens with one attached hydrogen (secondary N) is 1. The second kappa shape index (κ2) is 8.00. The highest BCUT2D eigenvalue weighted by Gasteiger charge is 2.32. The van der Waals surface area contributed by atoms with Gasteiger partial charge in [0.1, 0.15) is 0 Å². The second-order valence-electron chi connectivity index (χ2n) is 6.39. The number of aliphatic carboxylic acids is 1. The Balaban J connectivity index is 2.58. The molecule has 0 unspecified atom stereocenters. The van der Waals surface area contributed by atoms with Crippen LogP contribution in [0, 0.1) is 17.8 Å². The molecule has 1 saturated carbocycles. The summed E-state index contributed by atoms with van der Waals surface area (Å²) in [5, 5.41) is 11.7. The summed E-state index contributed by atoms with van der Waals surface area (Å²) in [5.41, 5.74) is 5.24. The summed E-state index contributed by atoms with van der Waals surface area (Å²) >= 11 is 0. The molecule has 126 valence electrons. The van der Waals surface area contributed by atoms with Crippen molar-refractivity contribution in [2.75, 3.05) is 6.54 Å². The van der Waals surface area contributed by atoms with Crippen LogP contribution in [0.25, 0.3) is 0 Å². The van der Waals surface area contributed by atoms with E-state index in [1.165, 1.54) is 13.8 Å². The van der Waals surface area contributed by atoms with E-state index in [1.54, 1.807) is 0 Å². The molecular formula is C15H27N3O4. The van der Waals surface area contributed by atoms with E-state index in [4.69, 9.17) is 10.8 Å².